The molecule has 1 amide bonds. The highest BCUT2D eigenvalue weighted by atomic mass is 35.5. The molecule has 1 aromatic rings. The number of nitrogens with zero attached hydrogens (tertiary/aromatic N) is 2. The first-order chi connectivity index (χ1) is 12.2. The second kappa shape index (κ2) is 7.51. The second-order valence-corrected chi connectivity index (χ2v) is 8.07. The molecule has 134 valence electrons. The zero-order valence-electron chi connectivity index (χ0n) is 14.8. The lowest BCUT2D eigenvalue weighted by Gasteiger charge is -2.40. The zero-order valence-corrected chi connectivity index (χ0v) is 15.6. The topological polar surface area (TPSA) is 23.6 Å². The minimum absolute atomic E-state index is 0.118. The molecule has 0 bridgehead atoms. The van der Waals surface area contributed by atoms with E-state index in [2.05, 4.69) is 11.0 Å². The number of benzene rings is 1. The Kier molecular flexibility index (Phi) is 5.14. The molecule has 2 aliphatic heterocycles. The second-order valence-electron chi connectivity index (χ2n) is 7.66. The fraction of sp³-hybridized carbons (Fsp3) is 0.571. The van der Waals surface area contributed by atoms with Crippen molar-refractivity contribution in [1.29, 1.82) is 0 Å². The smallest absolute Gasteiger partial charge is 0.253 e. The van der Waals surface area contributed by atoms with Crippen LogP contribution in [0.25, 0.3) is 6.08 Å². The van der Waals surface area contributed by atoms with E-state index >= 15 is 0 Å². The molecule has 25 heavy (non-hydrogen) atoms. The van der Waals surface area contributed by atoms with Gasteiger partial charge >= 0.3 is 0 Å². The van der Waals surface area contributed by atoms with Gasteiger partial charge in [0, 0.05) is 42.8 Å². The first kappa shape index (κ1) is 17.1. The van der Waals surface area contributed by atoms with Crippen LogP contribution in [0, 0.1) is 0 Å². The summed E-state index contributed by atoms with van der Waals surface area (Å²) >= 11 is 6.48. The summed E-state index contributed by atoms with van der Waals surface area (Å²) < 4.78 is 0. The number of hydrogen-bond donors (Lipinski definition) is 0. The molecule has 3 fully saturated rings. The van der Waals surface area contributed by atoms with Gasteiger partial charge in [-0.25, -0.2) is 0 Å². The third-order valence-electron chi connectivity index (χ3n) is 6.03. The molecule has 0 aromatic heterocycles. The largest absolute Gasteiger partial charge is 0.339 e. The van der Waals surface area contributed by atoms with Crippen molar-refractivity contribution in [3.05, 3.63) is 39.9 Å². The van der Waals surface area contributed by atoms with Crippen molar-refractivity contribution >= 4 is 23.6 Å². The molecule has 2 heterocycles. The Hall–Kier alpha value is -1.32. The van der Waals surface area contributed by atoms with Crippen LogP contribution in [-0.2, 0) is 0 Å². The fourth-order valence-corrected chi connectivity index (χ4v) is 4.41. The highest BCUT2D eigenvalue weighted by molar-refractivity contribution is 6.32. The van der Waals surface area contributed by atoms with Crippen LogP contribution in [0.1, 0.15) is 60.9 Å². The standard InChI is InChI=1S/C21H27ClN2O/c22-20-15-18(21(25)24-10-1-2-11-24)7-6-17(20)14-16-8-12-23(13-9-16)19-4-3-5-19/h6-7,14-15,19H,1-5,8-13H2. The van der Waals surface area contributed by atoms with Crippen molar-refractivity contribution in [1.82, 2.24) is 9.80 Å². The minimum atomic E-state index is 0.118. The van der Waals surface area contributed by atoms with Gasteiger partial charge in [-0.3, -0.25) is 9.69 Å². The van der Waals surface area contributed by atoms with Gasteiger partial charge in [-0.05, 0) is 56.2 Å². The van der Waals surface area contributed by atoms with Gasteiger partial charge in [0.2, 0.25) is 0 Å². The van der Waals surface area contributed by atoms with E-state index in [0.29, 0.717) is 10.6 Å². The van der Waals surface area contributed by atoms with Crippen LogP contribution in [0.3, 0.4) is 0 Å². The average molecular weight is 359 g/mol. The monoisotopic (exact) mass is 358 g/mol. The van der Waals surface area contributed by atoms with Crippen molar-refractivity contribution in [3.63, 3.8) is 0 Å². The van der Waals surface area contributed by atoms with Crippen LogP contribution in [0.5, 0.6) is 0 Å². The molecular formula is C21H27ClN2O. The van der Waals surface area contributed by atoms with Crippen molar-refractivity contribution in [2.45, 2.75) is 51.0 Å². The van der Waals surface area contributed by atoms with E-state index in [9.17, 15) is 4.79 Å². The molecular weight excluding hydrogens is 332 g/mol. The Bertz CT molecular complexity index is 664. The Balaban J connectivity index is 1.41. The van der Waals surface area contributed by atoms with E-state index in [1.165, 1.54) is 37.9 Å². The lowest BCUT2D eigenvalue weighted by Crippen LogP contribution is -2.43. The molecule has 1 aliphatic carbocycles. The third kappa shape index (κ3) is 3.78. The number of likely N-dealkylation sites (tertiary alicyclic amines) is 2. The minimum Gasteiger partial charge on any atom is -0.339 e. The van der Waals surface area contributed by atoms with Crippen LogP contribution in [-0.4, -0.2) is 47.9 Å². The molecule has 3 aliphatic rings. The summed E-state index contributed by atoms with van der Waals surface area (Å²) in [5.41, 5.74) is 3.25. The number of piperidine rings is 1. The van der Waals surface area contributed by atoms with Gasteiger partial charge in [0.15, 0.2) is 0 Å². The van der Waals surface area contributed by atoms with Gasteiger partial charge in [-0.15, -0.1) is 0 Å². The maximum atomic E-state index is 12.5. The maximum Gasteiger partial charge on any atom is 0.253 e. The number of amides is 1. The number of halogens is 1. The number of carbonyl (C=O) groups excluding carboxylic acids is 1. The zero-order chi connectivity index (χ0) is 17.2. The molecule has 0 N–H and O–H groups in total. The van der Waals surface area contributed by atoms with Gasteiger partial charge in [0.05, 0.1) is 0 Å². The van der Waals surface area contributed by atoms with Gasteiger partial charge in [-0.1, -0.05) is 35.7 Å². The molecule has 1 aromatic carbocycles. The predicted octanol–water partition coefficient (Wildman–Crippen LogP) is 4.61. The van der Waals surface area contributed by atoms with Crippen LogP contribution in [0.2, 0.25) is 5.02 Å². The Morgan fingerprint density at radius 2 is 1.76 bits per heavy atom. The number of hydrogen-bond acceptors (Lipinski definition) is 2. The normalized spacial score (nSPS) is 22.1. The first-order valence-corrected chi connectivity index (χ1v) is 10.1. The summed E-state index contributed by atoms with van der Waals surface area (Å²) in [6.45, 7) is 4.11. The third-order valence-corrected chi connectivity index (χ3v) is 6.36. The van der Waals surface area contributed by atoms with Crippen LogP contribution in [0.4, 0.5) is 0 Å². The van der Waals surface area contributed by atoms with Crippen LogP contribution < -0.4 is 0 Å². The molecule has 4 heteroatoms. The molecule has 2 saturated heterocycles. The average Bonchev–Trinajstić information content (AvgIpc) is 3.10. The van der Waals surface area contributed by atoms with Gasteiger partial charge in [0.25, 0.3) is 5.91 Å². The van der Waals surface area contributed by atoms with Crippen LogP contribution >= 0.6 is 11.6 Å². The molecule has 0 unspecified atom stereocenters. The van der Waals surface area contributed by atoms with Crippen molar-refractivity contribution in [2.75, 3.05) is 26.2 Å². The fourth-order valence-electron chi connectivity index (χ4n) is 4.17. The molecule has 0 atom stereocenters. The van der Waals surface area contributed by atoms with E-state index in [1.54, 1.807) is 0 Å². The number of carbonyl (C=O) groups is 1. The molecule has 1 saturated carbocycles. The summed E-state index contributed by atoms with van der Waals surface area (Å²) in [6.07, 6.45) is 10.9. The Labute approximate surface area is 155 Å². The van der Waals surface area contributed by atoms with E-state index in [0.717, 1.165) is 50.4 Å². The molecule has 0 radical (unpaired) electrons. The lowest BCUT2D eigenvalue weighted by atomic mass is 9.89. The van der Waals surface area contributed by atoms with E-state index in [-0.39, 0.29) is 5.91 Å². The van der Waals surface area contributed by atoms with Crippen molar-refractivity contribution < 1.29 is 4.79 Å². The molecule has 4 rings (SSSR count). The van der Waals surface area contributed by atoms with Crippen LogP contribution in [0.15, 0.2) is 23.8 Å². The van der Waals surface area contributed by atoms with E-state index < -0.39 is 0 Å². The predicted molar refractivity (Wildman–Crippen MR) is 103 cm³/mol. The van der Waals surface area contributed by atoms with Gasteiger partial charge in [0.1, 0.15) is 0 Å². The van der Waals surface area contributed by atoms with Gasteiger partial charge < -0.3 is 4.90 Å². The van der Waals surface area contributed by atoms with E-state index in [1.807, 2.05) is 23.1 Å². The van der Waals surface area contributed by atoms with Crippen molar-refractivity contribution in [3.8, 4) is 0 Å². The summed E-state index contributed by atoms with van der Waals surface area (Å²) in [7, 11) is 0. The number of rotatable bonds is 3. The lowest BCUT2D eigenvalue weighted by molar-refractivity contribution is 0.0793. The van der Waals surface area contributed by atoms with E-state index in [4.69, 9.17) is 11.6 Å². The Morgan fingerprint density at radius 1 is 1.04 bits per heavy atom. The summed E-state index contributed by atoms with van der Waals surface area (Å²) in [4.78, 5) is 17.1. The first-order valence-electron chi connectivity index (χ1n) is 9.73. The SMILES string of the molecule is O=C(c1ccc(C=C2CCN(C3CCC3)CC2)c(Cl)c1)N1CCCC1. The summed E-state index contributed by atoms with van der Waals surface area (Å²) in [5, 5.41) is 0.693. The summed E-state index contributed by atoms with van der Waals surface area (Å²) in [6, 6.07) is 6.64. The van der Waals surface area contributed by atoms with Crippen molar-refractivity contribution in [2.24, 2.45) is 0 Å². The highest BCUT2D eigenvalue weighted by Gasteiger charge is 2.27. The Morgan fingerprint density at radius 3 is 2.36 bits per heavy atom. The molecule has 3 nitrogen and oxygen atoms in total. The highest BCUT2D eigenvalue weighted by Crippen LogP contribution is 2.30. The maximum absolute atomic E-state index is 12.5. The quantitative estimate of drug-likeness (QED) is 0.787. The summed E-state index contributed by atoms with van der Waals surface area (Å²) in [5.74, 6) is 0.118. The van der Waals surface area contributed by atoms with Gasteiger partial charge in [-0.2, -0.15) is 0 Å². The molecule has 0 spiro atoms.